The van der Waals surface area contributed by atoms with Gasteiger partial charge in [-0.1, -0.05) is 23.3 Å². The van der Waals surface area contributed by atoms with Gasteiger partial charge in [0.2, 0.25) is 17.7 Å². The number of ether oxygens (including phenoxy) is 2. The molecule has 0 bridgehead atoms. The monoisotopic (exact) mass is 485 g/mol. The van der Waals surface area contributed by atoms with Crippen molar-refractivity contribution in [2.45, 2.75) is 58.7 Å². The Bertz CT molecular complexity index is 991. The molecule has 1 heterocycles. The number of esters is 1. The fourth-order valence-corrected chi connectivity index (χ4v) is 3.87. The molecule has 3 unspecified atom stereocenters. The quantitative estimate of drug-likeness (QED) is 0.408. The number of nitrogens with zero attached hydrogens (tertiary/aromatic N) is 1. The molecule has 190 valence electrons. The maximum atomic E-state index is 13.3. The summed E-state index contributed by atoms with van der Waals surface area (Å²) in [5.41, 5.74) is 2.43. The van der Waals surface area contributed by atoms with Crippen LogP contribution < -0.4 is 15.4 Å². The summed E-state index contributed by atoms with van der Waals surface area (Å²) in [6.07, 6.45) is 3.36. The van der Waals surface area contributed by atoms with Crippen LogP contribution in [0.4, 0.5) is 0 Å². The summed E-state index contributed by atoms with van der Waals surface area (Å²) in [6, 6.07) is 4.94. The van der Waals surface area contributed by atoms with Crippen LogP contribution in [0.5, 0.6) is 5.75 Å². The van der Waals surface area contributed by atoms with Gasteiger partial charge in [-0.2, -0.15) is 0 Å². The summed E-state index contributed by atoms with van der Waals surface area (Å²) in [6.45, 7) is 7.39. The molecule has 9 nitrogen and oxygen atoms in total. The van der Waals surface area contributed by atoms with E-state index in [9.17, 15) is 19.2 Å². The van der Waals surface area contributed by atoms with Crippen LogP contribution in [-0.4, -0.2) is 67.5 Å². The van der Waals surface area contributed by atoms with Crippen LogP contribution in [0.3, 0.4) is 0 Å². The summed E-state index contributed by atoms with van der Waals surface area (Å²) in [7, 11) is 2.82. The minimum atomic E-state index is -0.944. The number of hydrogen-bond acceptors (Lipinski definition) is 6. The number of rotatable bonds is 9. The Morgan fingerprint density at radius 3 is 2.20 bits per heavy atom. The second kappa shape index (κ2) is 12.7. The van der Waals surface area contributed by atoms with E-state index in [1.54, 1.807) is 45.2 Å². The van der Waals surface area contributed by atoms with E-state index in [1.807, 2.05) is 13.8 Å². The summed E-state index contributed by atoms with van der Waals surface area (Å²) in [5.74, 6) is -1.01. The predicted molar refractivity (Wildman–Crippen MR) is 132 cm³/mol. The first-order valence-electron chi connectivity index (χ1n) is 11.5. The summed E-state index contributed by atoms with van der Waals surface area (Å²) >= 11 is 0. The van der Waals surface area contributed by atoms with Crippen molar-refractivity contribution < 1.29 is 28.7 Å². The molecule has 0 aromatic heterocycles. The Hall–Kier alpha value is -3.62. The molecule has 1 aliphatic heterocycles. The molecule has 3 amide bonds. The lowest BCUT2D eigenvalue weighted by Gasteiger charge is -2.25. The smallest absolute Gasteiger partial charge is 0.328 e. The van der Waals surface area contributed by atoms with Gasteiger partial charge in [-0.15, -0.1) is 0 Å². The molecule has 1 aromatic rings. The third-order valence-corrected chi connectivity index (χ3v) is 5.47. The largest absolute Gasteiger partial charge is 0.497 e. The van der Waals surface area contributed by atoms with Gasteiger partial charge in [0.05, 0.1) is 14.2 Å². The standard InChI is InChI=1S/C26H35N3O6/c1-16(2)11-23(30)27-19-14-22(29(15-19)24(31)12-17(3)4)25(32)28-21(26(33)35-6)13-18-7-9-20(34-5)10-8-18/h7-12,19,21-22H,13-15H2,1-6H3,(H,27,30)(H,28,32). The number of amides is 3. The van der Waals surface area contributed by atoms with Crippen molar-refractivity contribution in [3.63, 3.8) is 0 Å². The van der Waals surface area contributed by atoms with Crippen molar-refractivity contribution >= 4 is 23.7 Å². The molecule has 1 aromatic carbocycles. The van der Waals surface area contributed by atoms with Crippen LogP contribution >= 0.6 is 0 Å². The number of nitrogens with one attached hydrogen (secondary N) is 2. The number of likely N-dealkylation sites (tertiary alicyclic amines) is 1. The van der Waals surface area contributed by atoms with Crippen molar-refractivity contribution in [1.29, 1.82) is 0 Å². The van der Waals surface area contributed by atoms with Crippen molar-refractivity contribution in [3.8, 4) is 5.75 Å². The predicted octanol–water partition coefficient (Wildman–Crippen LogP) is 1.91. The van der Waals surface area contributed by atoms with Gasteiger partial charge in [0, 0.05) is 31.2 Å². The zero-order chi connectivity index (χ0) is 26.1. The first-order valence-corrected chi connectivity index (χ1v) is 11.5. The van der Waals surface area contributed by atoms with Crippen LogP contribution in [-0.2, 0) is 30.3 Å². The number of benzene rings is 1. The maximum Gasteiger partial charge on any atom is 0.328 e. The van der Waals surface area contributed by atoms with E-state index in [2.05, 4.69) is 10.6 Å². The van der Waals surface area contributed by atoms with E-state index in [1.165, 1.54) is 24.2 Å². The summed E-state index contributed by atoms with van der Waals surface area (Å²) in [5, 5.41) is 5.60. The topological polar surface area (TPSA) is 114 Å². The molecular weight excluding hydrogens is 450 g/mol. The van der Waals surface area contributed by atoms with Gasteiger partial charge in [-0.05, 0) is 51.8 Å². The van der Waals surface area contributed by atoms with E-state index < -0.39 is 30.0 Å². The number of allylic oxidation sites excluding steroid dienone is 2. The summed E-state index contributed by atoms with van der Waals surface area (Å²) in [4.78, 5) is 52.2. The maximum absolute atomic E-state index is 13.3. The fourth-order valence-electron chi connectivity index (χ4n) is 3.87. The van der Waals surface area contributed by atoms with Crippen molar-refractivity contribution in [3.05, 3.63) is 53.1 Å². The Kier molecular flexibility index (Phi) is 10.1. The molecule has 9 heteroatoms. The molecule has 1 aliphatic rings. The lowest BCUT2D eigenvalue weighted by atomic mass is 10.0. The van der Waals surface area contributed by atoms with E-state index >= 15 is 0 Å². The van der Waals surface area contributed by atoms with Gasteiger partial charge in [0.1, 0.15) is 17.8 Å². The molecule has 1 fully saturated rings. The molecule has 0 aliphatic carbocycles. The molecule has 2 N–H and O–H groups in total. The molecule has 1 saturated heterocycles. The van der Waals surface area contributed by atoms with Crippen LogP contribution in [0.1, 0.15) is 39.7 Å². The minimum Gasteiger partial charge on any atom is -0.497 e. The molecule has 2 rings (SSSR count). The zero-order valence-corrected chi connectivity index (χ0v) is 21.2. The second-order valence-electron chi connectivity index (χ2n) is 9.03. The van der Waals surface area contributed by atoms with Crippen LogP contribution in [0, 0.1) is 0 Å². The van der Waals surface area contributed by atoms with Crippen LogP contribution in [0.2, 0.25) is 0 Å². The number of carbonyl (C=O) groups is 4. The molecular formula is C26H35N3O6. The van der Waals surface area contributed by atoms with Crippen molar-refractivity contribution in [1.82, 2.24) is 15.5 Å². The molecule has 0 saturated carbocycles. The normalized spacial score (nSPS) is 17.6. The molecule has 0 spiro atoms. The highest BCUT2D eigenvalue weighted by Crippen LogP contribution is 2.20. The Labute approximate surface area is 206 Å². The summed E-state index contributed by atoms with van der Waals surface area (Å²) < 4.78 is 10.1. The van der Waals surface area contributed by atoms with E-state index in [4.69, 9.17) is 9.47 Å². The SMILES string of the molecule is COC(=O)C(Cc1ccc(OC)cc1)NC(=O)C1CC(NC(=O)C=C(C)C)CN1C(=O)C=C(C)C. The van der Waals surface area contributed by atoms with Gasteiger partial charge in [-0.25, -0.2) is 4.79 Å². The number of hydrogen-bond donors (Lipinski definition) is 2. The Morgan fingerprint density at radius 2 is 1.66 bits per heavy atom. The number of methoxy groups -OCH3 is 2. The second-order valence-corrected chi connectivity index (χ2v) is 9.03. The molecule has 0 radical (unpaired) electrons. The average molecular weight is 486 g/mol. The third-order valence-electron chi connectivity index (χ3n) is 5.47. The highest BCUT2D eigenvalue weighted by molar-refractivity contribution is 5.95. The van der Waals surface area contributed by atoms with Crippen molar-refractivity contribution in [2.24, 2.45) is 0 Å². The molecule has 3 atom stereocenters. The first kappa shape index (κ1) is 27.6. The van der Waals surface area contributed by atoms with Gasteiger partial charge in [0.15, 0.2) is 0 Å². The lowest BCUT2D eigenvalue weighted by Crippen LogP contribution is -2.51. The van der Waals surface area contributed by atoms with Gasteiger partial charge < -0.3 is 25.0 Å². The lowest BCUT2D eigenvalue weighted by molar-refractivity contribution is -0.146. The van der Waals surface area contributed by atoms with Gasteiger partial charge in [0.25, 0.3) is 0 Å². The highest BCUT2D eigenvalue weighted by Gasteiger charge is 2.40. The van der Waals surface area contributed by atoms with Gasteiger partial charge in [-0.3, -0.25) is 14.4 Å². The van der Waals surface area contributed by atoms with E-state index in [-0.39, 0.29) is 31.2 Å². The first-order chi connectivity index (χ1) is 16.5. The van der Waals surface area contributed by atoms with Crippen molar-refractivity contribution in [2.75, 3.05) is 20.8 Å². The van der Waals surface area contributed by atoms with Crippen LogP contribution in [0.15, 0.2) is 47.6 Å². The third kappa shape index (κ3) is 8.27. The Morgan fingerprint density at radius 1 is 1.03 bits per heavy atom. The fraction of sp³-hybridized carbons (Fsp3) is 0.462. The van der Waals surface area contributed by atoms with Crippen LogP contribution in [0.25, 0.3) is 0 Å². The highest BCUT2D eigenvalue weighted by atomic mass is 16.5. The van der Waals surface area contributed by atoms with Gasteiger partial charge >= 0.3 is 5.97 Å². The Balaban J connectivity index is 2.22. The molecule has 35 heavy (non-hydrogen) atoms. The minimum absolute atomic E-state index is 0.185. The zero-order valence-electron chi connectivity index (χ0n) is 21.2. The van der Waals surface area contributed by atoms with E-state index in [0.717, 1.165) is 16.7 Å². The average Bonchev–Trinajstić information content (AvgIpc) is 3.21. The van der Waals surface area contributed by atoms with E-state index in [0.29, 0.717) is 5.75 Å². The number of carbonyl (C=O) groups excluding carboxylic acids is 4.